The van der Waals surface area contributed by atoms with Crippen molar-refractivity contribution in [2.24, 2.45) is 0 Å². The van der Waals surface area contributed by atoms with Crippen LogP contribution in [0.2, 0.25) is 0 Å². The Kier molecular flexibility index (Phi) is 6.38. The van der Waals surface area contributed by atoms with Crippen LogP contribution in [0.15, 0.2) is 42.5 Å². The van der Waals surface area contributed by atoms with E-state index in [1.54, 1.807) is 12.1 Å². The highest BCUT2D eigenvalue weighted by molar-refractivity contribution is 5.71. The Hall–Kier alpha value is -3.88. The fourth-order valence-corrected chi connectivity index (χ4v) is 4.72. The summed E-state index contributed by atoms with van der Waals surface area (Å²) >= 11 is 0. The minimum atomic E-state index is -0.903. The largest absolute Gasteiger partial charge is 0.492 e. The van der Waals surface area contributed by atoms with Crippen LogP contribution >= 0.6 is 0 Å². The van der Waals surface area contributed by atoms with Gasteiger partial charge in [0.25, 0.3) is 0 Å². The van der Waals surface area contributed by atoms with Crippen LogP contribution in [0.3, 0.4) is 0 Å². The van der Waals surface area contributed by atoms with E-state index in [0.717, 1.165) is 17.7 Å². The third-order valence-corrected chi connectivity index (χ3v) is 6.43. The SMILES string of the molecule is COC(=O)C[C@@H]1COc2cc(O[C@@H]3CCc4c(Oc5cc(F)c(OC)c(F)c5)ccc(F)c43)ccc21. The zero-order valence-corrected chi connectivity index (χ0v) is 19.6. The zero-order valence-electron chi connectivity index (χ0n) is 19.6. The summed E-state index contributed by atoms with van der Waals surface area (Å²) in [4.78, 5) is 11.6. The van der Waals surface area contributed by atoms with Gasteiger partial charge in [-0.25, -0.2) is 13.2 Å². The number of carbonyl (C=O) groups excluding carboxylic acids is 1. The third kappa shape index (κ3) is 4.41. The van der Waals surface area contributed by atoms with E-state index < -0.39 is 29.3 Å². The lowest BCUT2D eigenvalue weighted by Crippen LogP contribution is -2.09. The molecule has 0 fully saturated rings. The van der Waals surface area contributed by atoms with Gasteiger partial charge in [0.1, 0.15) is 34.9 Å². The maximum atomic E-state index is 14.9. The van der Waals surface area contributed by atoms with E-state index in [9.17, 15) is 18.0 Å². The van der Waals surface area contributed by atoms with Gasteiger partial charge in [0.15, 0.2) is 17.4 Å². The van der Waals surface area contributed by atoms with Gasteiger partial charge in [0.05, 0.1) is 27.2 Å². The lowest BCUT2D eigenvalue weighted by molar-refractivity contribution is -0.141. The van der Waals surface area contributed by atoms with Crippen molar-refractivity contribution in [3.05, 3.63) is 76.6 Å². The Morgan fingerprint density at radius 1 is 1.00 bits per heavy atom. The maximum absolute atomic E-state index is 14.9. The molecule has 0 aromatic heterocycles. The summed E-state index contributed by atoms with van der Waals surface area (Å²) in [5, 5.41) is 0. The molecule has 0 bridgehead atoms. The zero-order chi connectivity index (χ0) is 25.4. The Morgan fingerprint density at radius 2 is 1.78 bits per heavy atom. The smallest absolute Gasteiger partial charge is 0.306 e. The van der Waals surface area contributed by atoms with Crippen LogP contribution < -0.4 is 18.9 Å². The second-order valence-electron chi connectivity index (χ2n) is 8.59. The number of benzene rings is 3. The molecule has 3 aromatic rings. The summed E-state index contributed by atoms with van der Waals surface area (Å²) in [6.07, 6.45) is 0.575. The first-order valence-electron chi connectivity index (χ1n) is 11.4. The van der Waals surface area contributed by atoms with Crippen molar-refractivity contribution in [1.82, 2.24) is 0 Å². The molecule has 0 N–H and O–H groups in total. The van der Waals surface area contributed by atoms with Gasteiger partial charge in [0, 0.05) is 40.8 Å². The predicted molar refractivity (Wildman–Crippen MR) is 122 cm³/mol. The molecule has 36 heavy (non-hydrogen) atoms. The summed E-state index contributed by atoms with van der Waals surface area (Å²) in [6, 6.07) is 10.0. The quantitative estimate of drug-likeness (QED) is 0.370. The first-order chi connectivity index (χ1) is 17.4. The topological polar surface area (TPSA) is 63.2 Å². The van der Waals surface area contributed by atoms with Crippen molar-refractivity contribution in [3.63, 3.8) is 0 Å². The van der Waals surface area contributed by atoms with Gasteiger partial charge in [-0.1, -0.05) is 6.07 Å². The van der Waals surface area contributed by atoms with Crippen LogP contribution in [0.4, 0.5) is 13.2 Å². The molecule has 1 heterocycles. The van der Waals surface area contributed by atoms with E-state index in [-0.39, 0.29) is 24.1 Å². The number of fused-ring (bicyclic) bond motifs is 2. The minimum absolute atomic E-state index is 0.0683. The highest BCUT2D eigenvalue weighted by atomic mass is 19.1. The van der Waals surface area contributed by atoms with Crippen molar-refractivity contribution in [1.29, 1.82) is 0 Å². The number of ether oxygens (including phenoxy) is 5. The van der Waals surface area contributed by atoms with Gasteiger partial charge in [-0.2, -0.15) is 0 Å². The van der Waals surface area contributed by atoms with E-state index >= 15 is 0 Å². The Bertz CT molecular complexity index is 1300. The number of hydrogen-bond acceptors (Lipinski definition) is 6. The van der Waals surface area contributed by atoms with Crippen molar-refractivity contribution < 1.29 is 41.7 Å². The molecule has 6 nitrogen and oxygen atoms in total. The lowest BCUT2D eigenvalue weighted by Gasteiger charge is -2.17. The second-order valence-corrected chi connectivity index (χ2v) is 8.59. The highest BCUT2D eigenvalue weighted by Gasteiger charge is 2.32. The van der Waals surface area contributed by atoms with Gasteiger partial charge >= 0.3 is 5.97 Å². The Balaban J connectivity index is 1.36. The molecule has 0 saturated heterocycles. The minimum Gasteiger partial charge on any atom is -0.492 e. The number of halogens is 3. The van der Waals surface area contributed by atoms with E-state index in [2.05, 4.69) is 0 Å². The van der Waals surface area contributed by atoms with E-state index in [1.165, 1.54) is 26.4 Å². The van der Waals surface area contributed by atoms with Crippen molar-refractivity contribution in [2.45, 2.75) is 31.3 Å². The fourth-order valence-electron chi connectivity index (χ4n) is 4.72. The molecular formula is C27H23F3O6. The molecule has 9 heteroatoms. The van der Waals surface area contributed by atoms with Gasteiger partial charge in [-0.05, 0) is 31.0 Å². The molecule has 1 aliphatic heterocycles. The Labute approximate surface area is 205 Å². The lowest BCUT2D eigenvalue weighted by atomic mass is 9.98. The molecule has 2 atom stereocenters. The van der Waals surface area contributed by atoms with Crippen LogP contribution in [0.1, 0.15) is 41.6 Å². The van der Waals surface area contributed by atoms with Crippen LogP contribution in [-0.4, -0.2) is 26.8 Å². The molecule has 5 rings (SSSR count). The van der Waals surface area contributed by atoms with Gasteiger partial charge in [-0.15, -0.1) is 0 Å². The van der Waals surface area contributed by atoms with Crippen LogP contribution in [0, 0.1) is 17.5 Å². The maximum Gasteiger partial charge on any atom is 0.306 e. The molecule has 3 aromatic carbocycles. The average molecular weight is 500 g/mol. The van der Waals surface area contributed by atoms with Crippen LogP contribution in [0.25, 0.3) is 0 Å². The van der Waals surface area contributed by atoms with Crippen molar-refractivity contribution in [2.75, 3.05) is 20.8 Å². The number of rotatable bonds is 7. The van der Waals surface area contributed by atoms with Crippen molar-refractivity contribution in [3.8, 4) is 28.7 Å². The molecule has 0 saturated carbocycles. The molecule has 188 valence electrons. The van der Waals surface area contributed by atoms with Gasteiger partial charge < -0.3 is 23.7 Å². The molecule has 0 unspecified atom stereocenters. The number of methoxy groups -OCH3 is 2. The predicted octanol–water partition coefficient (Wildman–Crippen LogP) is 6.01. The Morgan fingerprint density at radius 3 is 2.50 bits per heavy atom. The summed E-state index contributed by atoms with van der Waals surface area (Å²) in [5.41, 5.74) is 1.81. The summed E-state index contributed by atoms with van der Waals surface area (Å²) in [6.45, 7) is 0.363. The second kappa shape index (κ2) is 9.64. The molecular weight excluding hydrogens is 477 g/mol. The first kappa shape index (κ1) is 23.8. The summed E-state index contributed by atoms with van der Waals surface area (Å²) in [7, 11) is 2.52. The summed E-state index contributed by atoms with van der Waals surface area (Å²) < 4.78 is 70.1. The number of carbonyl (C=O) groups is 1. The fraction of sp³-hybridized carbons (Fsp3) is 0.296. The van der Waals surface area contributed by atoms with Gasteiger partial charge in [-0.3, -0.25) is 4.79 Å². The standard InChI is InChI=1S/C27H23F3O6/c1-32-25(31)9-14-13-34-24-12-15(3-4-17(14)24)35-23-7-5-18-22(8-6-19(28)26(18)23)36-16-10-20(29)27(33-2)21(30)11-16/h3-4,6,8,10-12,14,23H,5,7,9,13H2,1-2H3/t14-,23-/m1/s1. The third-order valence-electron chi connectivity index (χ3n) is 6.43. The van der Waals surface area contributed by atoms with Crippen molar-refractivity contribution >= 4 is 5.97 Å². The normalized spacial score (nSPS) is 17.7. The van der Waals surface area contributed by atoms with E-state index in [4.69, 9.17) is 23.7 Å². The average Bonchev–Trinajstić information content (AvgIpc) is 3.45. The number of esters is 1. The molecule has 2 aliphatic rings. The highest BCUT2D eigenvalue weighted by Crippen LogP contribution is 2.44. The van der Waals surface area contributed by atoms with E-state index in [1.807, 2.05) is 6.07 Å². The van der Waals surface area contributed by atoms with Gasteiger partial charge in [0.2, 0.25) is 0 Å². The first-order valence-corrected chi connectivity index (χ1v) is 11.4. The monoisotopic (exact) mass is 500 g/mol. The molecule has 0 amide bonds. The molecule has 0 radical (unpaired) electrons. The summed E-state index contributed by atoms with van der Waals surface area (Å²) in [5.74, 6) is -1.84. The number of hydrogen-bond donors (Lipinski definition) is 0. The van der Waals surface area contributed by atoms with Crippen LogP contribution in [-0.2, 0) is 16.0 Å². The molecule has 0 spiro atoms. The van der Waals surface area contributed by atoms with E-state index in [0.29, 0.717) is 47.8 Å². The molecule has 1 aliphatic carbocycles. The van der Waals surface area contributed by atoms with Crippen LogP contribution in [0.5, 0.6) is 28.7 Å².